The van der Waals surface area contributed by atoms with Crippen molar-refractivity contribution < 1.29 is 17.7 Å². The van der Waals surface area contributed by atoms with Crippen molar-refractivity contribution in [3.05, 3.63) is 46.8 Å². The summed E-state index contributed by atoms with van der Waals surface area (Å²) >= 11 is 0. The van der Waals surface area contributed by atoms with Crippen LogP contribution in [0.15, 0.2) is 33.7 Å². The average molecular weight is 417 g/mol. The van der Waals surface area contributed by atoms with Gasteiger partial charge in [-0.2, -0.15) is 9.57 Å². The lowest BCUT2D eigenvalue weighted by Gasteiger charge is -2.32. The Morgan fingerprint density at radius 2 is 1.97 bits per heavy atom. The molecule has 1 aliphatic rings. The third-order valence-corrected chi connectivity index (χ3v) is 7.34. The van der Waals surface area contributed by atoms with Crippen LogP contribution in [0.3, 0.4) is 0 Å². The minimum atomic E-state index is -3.76. The van der Waals surface area contributed by atoms with Crippen molar-refractivity contribution in [3.63, 3.8) is 0 Å². The predicted octanol–water partition coefficient (Wildman–Crippen LogP) is 2.22. The highest BCUT2D eigenvalue weighted by Gasteiger charge is 2.34. The smallest absolute Gasteiger partial charge is 0.244 e. The number of aromatic nitrogens is 1. The first kappa shape index (κ1) is 21.0. The Morgan fingerprint density at radius 1 is 1.31 bits per heavy atom. The number of nitrogens with zero attached hydrogens (tertiary/aromatic N) is 4. The standard InChI is InChI=1S/C20H24N4O4S/c1-14-18(15(2)28-22-14)13-23(3)20(25)16-8-10-24(11-9-16)29(26,27)19-7-5-4-6-17(19)12-21/h4-7,16H,8-11,13H2,1-3H3. The number of nitriles is 1. The maximum absolute atomic E-state index is 12.9. The van der Waals surface area contributed by atoms with Gasteiger partial charge < -0.3 is 9.42 Å². The molecule has 1 fully saturated rings. The van der Waals surface area contributed by atoms with Gasteiger partial charge in [0.1, 0.15) is 11.8 Å². The fourth-order valence-electron chi connectivity index (χ4n) is 3.62. The third-order valence-electron chi connectivity index (χ3n) is 5.38. The molecule has 0 N–H and O–H groups in total. The number of carbonyl (C=O) groups excluding carboxylic acids is 1. The molecule has 154 valence electrons. The monoisotopic (exact) mass is 416 g/mol. The number of rotatable bonds is 5. The van der Waals surface area contributed by atoms with E-state index in [1.807, 2.05) is 19.9 Å². The summed E-state index contributed by atoms with van der Waals surface area (Å²) in [6, 6.07) is 8.11. The molecule has 29 heavy (non-hydrogen) atoms. The van der Waals surface area contributed by atoms with Gasteiger partial charge in [-0.05, 0) is 38.8 Å². The summed E-state index contributed by atoms with van der Waals surface area (Å²) < 4.78 is 32.4. The van der Waals surface area contributed by atoms with E-state index >= 15 is 0 Å². The van der Waals surface area contributed by atoms with Crippen molar-refractivity contribution in [2.24, 2.45) is 5.92 Å². The fraction of sp³-hybridized carbons (Fsp3) is 0.450. The molecule has 2 aromatic rings. The van der Waals surface area contributed by atoms with Gasteiger partial charge in [0, 0.05) is 31.6 Å². The van der Waals surface area contributed by atoms with E-state index in [0.29, 0.717) is 25.1 Å². The highest BCUT2D eigenvalue weighted by molar-refractivity contribution is 7.89. The van der Waals surface area contributed by atoms with Crippen LogP contribution < -0.4 is 0 Å². The fourth-order valence-corrected chi connectivity index (χ4v) is 5.23. The van der Waals surface area contributed by atoms with E-state index in [-0.39, 0.29) is 35.4 Å². The maximum Gasteiger partial charge on any atom is 0.244 e. The molecule has 3 rings (SSSR count). The van der Waals surface area contributed by atoms with Crippen LogP contribution >= 0.6 is 0 Å². The van der Waals surface area contributed by atoms with Gasteiger partial charge in [0.2, 0.25) is 15.9 Å². The van der Waals surface area contributed by atoms with Crippen molar-refractivity contribution in [1.82, 2.24) is 14.4 Å². The molecule has 1 amide bonds. The molecule has 9 heteroatoms. The Bertz CT molecular complexity index is 1030. The number of hydrogen-bond acceptors (Lipinski definition) is 6. The zero-order valence-corrected chi connectivity index (χ0v) is 17.6. The van der Waals surface area contributed by atoms with Gasteiger partial charge >= 0.3 is 0 Å². The van der Waals surface area contributed by atoms with Crippen LogP contribution in [0.4, 0.5) is 0 Å². The summed E-state index contributed by atoms with van der Waals surface area (Å²) in [6.07, 6.45) is 0.886. The highest BCUT2D eigenvalue weighted by atomic mass is 32.2. The second kappa shape index (κ2) is 8.35. The molecule has 1 aliphatic heterocycles. The molecule has 1 aromatic heterocycles. The summed E-state index contributed by atoms with van der Waals surface area (Å²) in [5.74, 6) is 0.442. The van der Waals surface area contributed by atoms with E-state index in [0.717, 1.165) is 11.3 Å². The summed E-state index contributed by atoms with van der Waals surface area (Å²) in [5.41, 5.74) is 1.79. The topological polar surface area (TPSA) is 108 Å². The lowest BCUT2D eigenvalue weighted by atomic mass is 9.96. The molecule has 0 radical (unpaired) electrons. The second-order valence-corrected chi connectivity index (χ2v) is 9.19. The van der Waals surface area contributed by atoms with Gasteiger partial charge in [-0.25, -0.2) is 8.42 Å². The number of sulfonamides is 1. The lowest BCUT2D eigenvalue weighted by molar-refractivity contribution is -0.135. The number of piperidine rings is 1. The van der Waals surface area contributed by atoms with Crippen LogP contribution in [-0.4, -0.2) is 48.8 Å². The third kappa shape index (κ3) is 4.18. The molecular weight excluding hydrogens is 392 g/mol. The normalized spacial score (nSPS) is 15.8. The molecule has 1 aromatic carbocycles. The first-order chi connectivity index (χ1) is 13.8. The zero-order chi connectivity index (χ0) is 21.2. The molecule has 0 aliphatic carbocycles. The molecule has 1 saturated heterocycles. The van der Waals surface area contributed by atoms with E-state index < -0.39 is 10.0 Å². The molecule has 0 bridgehead atoms. The minimum Gasteiger partial charge on any atom is -0.361 e. The van der Waals surface area contributed by atoms with Crippen molar-refractivity contribution in [2.45, 2.75) is 38.1 Å². The molecule has 0 spiro atoms. The van der Waals surface area contributed by atoms with Crippen molar-refractivity contribution in [1.29, 1.82) is 5.26 Å². The molecule has 0 saturated carbocycles. The summed E-state index contributed by atoms with van der Waals surface area (Å²) in [6.45, 7) is 4.56. The second-order valence-electron chi connectivity index (χ2n) is 7.28. The Morgan fingerprint density at radius 3 is 2.55 bits per heavy atom. The highest BCUT2D eigenvalue weighted by Crippen LogP contribution is 2.27. The van der Waals surface area contributed by atoms with E-state index in [1.54, 1.807) is 24.1 Å². The maximum atomic E-state index is 12.9. The quantitative estimate of drug-likeness (QED) is 0.740. The van der Waals surface area contributed by atoms with Crippen molar-refractivity contribution in [3.8, 4) is 6.07 Å². The van der Waals surface area contributed by atoms with Crippen LogP contribution in [0.1, 0.15) is 35.4 Å². The first-order valence-electron chi connectivity index (χ1n) is 9.41. The Hall–Kier alpha value is -2.70. The van der Waals surface area contributed by atoms with Gasteiger partial charge in [0.05, 0.1) is 22.7 Å². The number of benzene rings is 1. The van der Waals surface area contributed by atoms with E-state index in [9.17, 15) is 18.5 Å². The van der Waals surface area contributed by atoms with Crippen molar-refractivity contribution in [2.75, 3.05) is 20.1 Å². The average Bonchev–Trinajstić information content (AvgIpc) is 3.05. The minimum absolute atomic E-state index is 0.0144. The van der Waals surface area contributed by atoms with Crippen LogP contribution in [-0.2, 0) is 21.4 Å². The predicted molar refractivity (Wildman–Crippen MR) is 105 cm³/mol. The summed E-state index contributed by atoms with van der Waals surface area (Å²) in [5, 5.41) is 13.1. The SMILES string of the molecule is Cc1noc(C)c1CN(C)C(=O)C1CCN(S(=O)(=O)c2ccccc2C#N)CC1. The van der Waals surface area contributed by atoms with Crippen LogP contribution in [0.5, 0.6) is 0 Å². The summed E-state index contributed by atoms with van der Waals surface area (Å²) in [7, 11) is -2.02. The molecular formula is C20H24N4O4S. The van der Waals surface area contributed by atoms with E-state index in [1.165, 1.54) is 16.4 Å². The molecule has 8 nitrogen and oxygen atoms in total. The van der Waals surface area contributed by atoms with Gasteiger partial charge in [-0.3, -0.25) is 4.79 Å². The largest absolute Gasteiger partial charge is 0.361 e. The number of hydrogen-bond donors (Lipinski definition) is 0. The van der Waals surface area contributed by atoms with Gasteiger partial charge in [-0.15, -0.1) is 0 Å². The Balaban J connectivity index is 1.65. The van der Waals surface area contributed by atoms with E-state index in [2.05, 4.69) is 5.16 Å². The molecule has 0 atom stereocenters. The summed E-state index contributed by atoms with van der Waals surface area (Å²) in [4.78, 5) is 14.5. The molecule has 2 heterocycles. The van der Waals surface area contributed by atoms with Gasteiger partial charge in [-0.1, -0.05) is 17.3 Å². The number of aryl methyl sites for hydroxylation is 2. The van der Waals surface area contributed by atoms with Gasteiger partial charge in [0.15, 0.2) is 0 Å². The number of carbonyl (C=O) groups is 1. The van der Waals surface area contributed by atoms with E-state index in [4.69, 9.17) is 4.52 Å². The van der Waals surface area contributed by atoms with Crippen LogP contribution in [0.25, 0.3) is 0 Å². The molecule has 0 unspecified atom stereocenters. The van der Waals surface area contributed by atoms with Crippen LogP contribution in [0, 0.1) is 31.1 Å². The van der Waals surface area contributed by atoms with Gasteiger partial charge in [0.25, 0.3) is 0 Å². The van der Waals surface area contributed by atoms with Crippen molar-refractivity contribution >= 4 is 15.9 Å². The van der Waals surface area contributed by atoms with Crippen LogP contribution in [0.2, 0.25) is 0 Å². The number of amides is 1. The first-order valence-corrected chi connectivity index (χ1v) is 10.9. The Kier molecular flexibility index (Phi) is 6.05. The zero-order valence-electron chi connectivity index (χ0n) is 16.8. The Labute approximate surface area is 170 Å². The lowest BCUT2D eigenvalue weighted by Crippen LogP contribution is -2.43.